The van der Waals surface area contributed by atoms with Crippen LogP contribution in [0.15, 0.2) is 35.0 Å². The zero-order chi connectivity index (χ0) is 16.6. The number of likely N-dealkylation sites (tertiary alicyclic amines) is 1. The second kappa shape index (κ2) is 6.56. The molecule has 0 unspecified atom stereocenters. The predicted octanol–water partition coefficient (Wildman–Crippen LogP) is 4.95. The molecule has 0 atom stereocenters. The lowest BCUT2D eigenvalue weighted by Crippen LogP contribution is -2.53. The summed E-state index contributed by atoms with van der Waals surface area (Å²) in [5.41, 5.74) is -0.272. The van der Waals surface area contributed by atoms with Gasteiger partial charge in [0.15, 0.2) is 0 Å². The van der Waals surface area contributed by atoms with Crippen LogP contribution in [0, 0.1) is 11.3 Å². The molecule has 2 aromatic rings. The molecular formula is C20H27NOS2. The maximum Gasteiger partial charge on any atom is 0.136 e. The van der Waals surface area contributed by atoms with E-state index in [1.165, 1.54) is 51.7 Å². The molecule has 2 aliphatic rings. The van der Waals surface area contributed by atoms with Crippen LogP contribution >= 0.6 is 22.7 Å². The molecule has 0 radical (unpaired) electrons. The Bertz CT molecular complexity index is 599. The summed E-state index contributed by atoms with van der Waals surface area (Å²) in [6, 6.07) is 8.35. The smallest absolute Gasteiger partial charge is 0.136 e. The van der Waals surface area contributed by atoms with Gasteiger partial charge in [0, 0.05) is 9.75 Å². The van der Waals surface area contributed by atoms with Gasteiger partial charge in [-0.3, -0.25) is 0 Å². The van der Waals surface area contributed by atoms with Crippen LogP contribution in [0.2, 0.25) is 0 Å². The average molecular weight is 362 g/mol. The quantitative estimate of drug-likeness (QED) is 0.815. The number of nitrogens with zero attached hydrogens (tertiary/aromatic N) is 1. The molecule has 2 nitrogen and oxygen atoms in total. The molecule has 3 heterocycles. The lowest BCUT2D eigenvalue weighted by molar-refractivity contribution is -0.105. The van der Waals surface area contributed by atoms with E-state index in [4.69, 9.17) is 0 Å². The van der Waals surface area contributed by atoms with Crippen LogP contribution in [0.4, 0.5) is 0 Å². The molecule has 130 valence electrons. The lowest BCUT2D eigenvalue weighted by Gasteiger charge is -2.56. The fraction of sp³-hybridized carbons (Fsp3) is 0.600. The molecular weight excluding hydrogens is 334 g/mol. The van der Waals surface area contributed by atoms with Crippen molar-refractivity contribution in [2.24, 2.45) is 11.3 Å². The summed E-state index contributed by atoms with van der Waals surface area (Å²) in [7, 11) is 0. The maximum absolute atomic E-state index is 11.7. The Morgan fingerprint density at radius 3 is 2.17 bits per heavy atom. The van der Waals surface area contributed by atoms with Crippen LogP contribution in [0.25, 0.3) is 0 Å². The van der Waals surface area contributed by atoms with Gasteiger partial charge < -0.3 is 10.0 Å². The molecule has 1 aliphatic carbocycles. The van der Waals surface area contributed by atoms with Gasteiger partial charge in [-0.05, 0) is 86.0 Å². The van der Waals surface area contributed by atoms with Crippen LogP contribution in [-0.4, -0.2) is 29.6 Å². The Hall–Kier alpha value is -0.680. The third-order valence-corrected chi connectivity index (χ3v) is 8.19. The van der Waals surface area contributed by atoms with E-state index in [-0.39, 0.29) is 0 Å². The predicted molar refractivity (Wildman–Crippen MR) is 103 cm³/mol. The summed E-state index contributed by atoms with van der Waals surface area (Å²) in [6.07, 6.45) is 6.24. The van der Waals surface area contributed by atoms with Crippen molar-refractivity contribution in [3.05, 3.63) is 44.8 Å². The van der Waals surface area contributed by atoms with Crippen molar-refractivity contribution in [2.45, 2.75) is 44.6 Å². The van der Waals surface area contributed by atoms with Crippen molar-refractivity contribution in [3.8, 4) is 0 Å². The molecule has 0 amide bonds. The highest BCUT2D eigenvalue weighted by molar-refractivity contribution is 7.11. The van der Waals surface area contributed by atoms with E-state index >= 15 is 0 Å². The first kappa shape index (κ1) is 16.8. The van der Waals surface area contributed by atoms with Crippen LogP contribution in [-0.2, 0) is 5.60 Å². The Morgan fingerprint density at radius 1 is 1.12 bits per heavy atom. The fourth-order valence-corrected chi connectivity index (χ4v) is 6.67. The van der Waals surface area contributed by atoms with Crippen molar-refractivity contribution >= 4 is 22.7 Å². The summed E-state index contributed by atoms with van der Waals surface area (Å²) in [4.78, 5) is 4.85. The summed E-state index contributed by atoms with van der Waals surface area (Å²) in [5.74, 6) is 0.368. The van der Waals surface area contributed by atoms with Gasteiger partial charge in [0.2, 0.25) is 0 Å². The normalized spacial score (nSPS) is 21.9. The largest absolute Gasteiger partial charge is 0.378 e. The molecule has 1 saturated heterocycles. The van der Waals surface area contributed by atoms with Crippen molar-refractivity contribution in [3.63, 3.8) is 0 Å². The minimum absolute atomic E-state index is 0.368. The maximum atomic E-state index is 11.7. The van der Waals surface area contributed by atoms with Gasteiger partial charge in [-0.25, -0.2) is 0 Å². The Kier molecular flexibility index (Phi) is 4.59. The summed E-state index contributed by atoms with van der Waals surface area (Å²) in [5, 5.41) is 15.9. The van der Waals surface area contributed by atoms with Crippen LogP contribution < -0.4 is 0 Å². The third kappa shape index (κ3) is 2.78. The van der Waals surface area contributed by atoms with E-state index in [1.54, 1.807) is 22.7 Å². The van der Waals surface area contributed by atoms with E-state index in [2.05, 4.69) is 46.8 Å². The van der Waals surface area contributed by atoms with Crippen molar-refractivity contribution in [1.29, 1.82) is 0 Å². The van der Waals surface area contributed by atoms with Crippen LogP contribution in [0.5, 0.6) is 0 Å². The molecule has 2 fully saturated rings. The monoisotopic (exact) mass is 361 g/mol. The average Bonchev–Trinajstić information content (AvgIpc) is 3.27. The van der Waals surface area contributed by atoms with Gasteiger partial charge in [-0.15, -0.1) is 22.7 Å². The summed E-state index contributed by atoms with van der Waals surface area (Å²) in [6.45, 7) is 6.01. The zero-order valence-electron chi connectivity index (χ0n) is 14.4. The van der Waals surface area contributed by atoms with Gasteiger partial charge in [-0.1, -0.05) is 19.1 Å². The van der Waals surface area contributed by atoms with Crippen molar-refractivity contribution in [1.82, 2.24) is 4.90 Å². The molecule has 4 heteroatoms. The summed E-state index contributed by atoms with van der Waals surface area (Å²) >= 11 is 3.39. The van der Waals surface area contributed by atoms with Gasteiger partial charge in [0.05, 0.1) is 0 Å². The van der Waals surface area contributed by atoms with E-state index in [0.29, 0.717) is 11.3 Å². The molecule has 1 saturated carbocycles. The number of piperidine rings is 1. The highest BCUT2D eigenvalue weighted by atomic mass is 32.1. The van der Waals surface area contributed by atoms with Gasteiger partial charge in [0.1, 0.15) is 5.60 Å². The number of rotatable bonds is 5. The fourth-order valence-electron chi connectivity index (χ4n) is 4.77. The first-order valence-corrected chi connectivity index (χ1v) is 10.9. The first-order valence-electron chi connectivity index (χ1n) is 9.19. The van der Waals surface area contributed by atoms with E-state index in [0.717, 1.165) is 9.75 Å². The highest BCUT2D eigenvalue weighted by Gasteiger charge is 2.55. The van der Waals surface area contributed by atoms with Crippen molar-refractivity contribution < 1.29 is 5.11 Å². The Morgan fingerprint density at radius 2 is 1.71 bits per heavy atom. The van der Waals surface area contributed by atoms with Gasteiger partial charge in [-0.2, -0.15) is 0 Å². The SMILES string of the molecule is CCCN1CCC2(CC1)CC(C(O)(c1cccs1)c1cccs1)C2. The van der Waals surface area contributed by atoms with E-state index in [9.17, 15) is 5.11 Å². The molecule has 1 spiro atoms. The van der Waals surface area contributed by atoms with E-state index < -0.39 is 5.60 Å². The standard InChI is InChI=1S/C20H27NOS2/c1-2-9-21-10-7-19(8-11-21)14-16(15-19)20(22,17-5-3-12-23-17)18-6-4-13-24-18/h3-6,12-13,16,22H,2,7-11,14-15H2,1H3. The zero-order valence-corrected chi connectivity index (χ0v) is 16.0. The number of thiophene rings is 2. The second-order valence-electron chi connectivity index (χ2n) is 7.67. The molecule has 0 aromatic carbocycles. The van der Waals surface area contributed by atoms with Crippen LogP contribution in [0.1, 0.15) is 48.8 Å². The summed E-state index contributed by atoms with van der Waals surface area (Å²) < 4.78 is 0. The van der Waals surface area contributed by atoms with E-state index in [1.807, 2.05) is 0 Å². The topological polar surface area (TPSA) is 23.5 Å². The molecule has 24 heavy (non-hydrogen) atoms. The minimum atomic E-state index is -0.770. The molecule has 4 rings (SSSR count). The minimum Gasteiger partial charge on any atom is -0.378 e. The second-order valence-corrected chi connectivity index (χ2v) is 9.56. The molecule has 0 bridgehead atoms. The molecule has 1 aliphatic heterocycles. The number of aliphatic hydroxyl groups is 1. The van der Waals surface area contributed by atoms with Gasteiger partial charge >= 0.3 is 0 Å². The molecule has 1 N–H and O–H groups in total. The Balaban J connectivity index is 1.50. The molecule has 2 aromatic heterocycles. The van der Waals surface area contributed by atoms with Gasteiger partial charge in [0.25, 0.3) is 0 Å². The third-order valence-electron chi connectivity index (χ3n) is 6.20. The number of hydrogen-bond donors (Lipinski definition) is 1. The Labute approximate surface area is 153 Å². The highest BCUT2D eigenvalue weighted by Crippen LogP contribution is 2.60. The number of hydrogen-bond acceptors (Lipinski definition) is 4. The van der Waals surface area contributed by atoms with Crippen LogP contribution in [0.3, 0.4) is 0 Å². The first-order chi connectivity index (χ1) is 11.7. The van der Waals surface area contributed by atoms with Crippen molar-refractivity contribution in [2.75, 3.05) is 19.6 Å². The lowest BCUT2D eigenvalue weighted by atomic mass is 9.53.